The standard InChI is InChI=1S/C19H16N2O2/c1-2-23-19(22)17-6-4-3-5-16(17)13-21-10-9-15-11-14(12-20)7-8-18(15)21/h3-11H,2,13H2,1H3. The van der Waals surface area contributed by atoms with Gasteiger partial charge in [-0.3, -0.25) is 0 Å². The summed E-state index contributed by atoms with van der Waals surface area (Å²) in [5.41, 5.74) is 3.17. The second-order valence-electron chi connectivity index (χ2n) is 5.21. The highest BCUT2D eigenvalue weighted by atomic mass is 16.5. The average Bonchev–Trinajstić information content (AvgIpc) is 2.97. The van der Waals surface area contributed by atoms with Crippen LogP contribution in [0.4, 0.5) is 0 Å². The molecule has 0 aliphatic heterocycles. The Bertz CT molecular complexity index is 903. The number of fused-ring (bicyclic) bond motifs is 1. The number of nitrogens with zero attached hydrogens (tertiary/aromatic N) is 2. The summed E-state index contributed by atoms with van der Waals surface area (Å²) in [5, 5.41) is 9.99. The van der Waals surface area contributed by atoms with E-state index in [-0.39, 0.29) is 5.97 Å². The first-order chi connectivity index (χ1) is 11.2. The minimum absolute atomic E-state index is 0.300. The fourth-order valence-corrected chi connectivity index (χ4v) is 2.66. The molecule has 1 aromatic heterocycles. The molecule has 3 rings (SSSR count). The van der Waals surface area contributed by atoms with Gasteiger partial charge < -0.3 is 9.30 Å². The van der Waals surface area contributed by atoms with Crippen molar-refractivity contribution in [2.45, 2.75) is 13.5 Å². The Labute approximate surface area is 134 Å². The first-order valence-electron chi connectivity index (χ1n) is 7.47. The van der Waals surface area contributed by atoms with Crippen LogP contribution in [-0.2, 0) is 11.3 Å². The molecule has 0 radical (unpaired) electrons. The van der Waals surface area contributed by atoms with Gasteiger partial charge in [-0.1, -0.05) is 18.2 Å². The molecule has 0 spiro atoms. The molecule has 3 aromatic rings. The molecule has 0 saturated carbocycles. The van der Waals surface area contributed by atoms with Gasteiger partial charge in [0.25, 0.3) is 0 Å². The molecule has 0 bridgehead atoms. The molecule has 0 saturated heterocycles. The molecule has 0 N–H and O–H groups in total. The number of hydrogen-bond acceptors (Lipinski definition) is 3. The number of carbonyl (C=O) groups excluding carboxylic acids is 1. The van der Waals surface area contributed by atoms with E-state index in [4.69, 9.17) is 10.00 Å². The minimum atomic E-state index is -0.300. The van der Waals surface area contributed by atoms with E-state index in [0.29, 0.717) is 24.3 Å². The lowest BCUT2D eigenvalue weighted by Crippen LogP contribution is -2.10. The molecule has 2 aromatic carbocycles. The first-order valence-corrected chi connectivity index (χ1v) is 7.47. The van der Waals surface area contributed by atoms with E-state index in [9.17, 15) is 4.79 Å². The highest BCUT2D eigenvalue weighted by Crippen LogP contribution is 2.20. The third-order valence-electron chi connectivity index (χ3n) is 3.75. The molecular formula is C19H16N2O2. The van der Waals surface area contributed by atoms with Gasteiger partial charge in [0, 0.05) is 23.6 Å². The highest BCUT2D eigenvalue weighted by Gasteiger charge is 2.12. The van der Waals surface area contributed by atoms with E-state index in [0.717, 1.165) is 16.5 Å². The summed E-state index contributed by atoms with van der Waals surface area (Å²) in [6.07, 6.45) is 1.97. The van der Waals surface area contributed by atoms with Crippen LogP contribution in [0.15, 0.2) is 54.7 Å². The smallest absolute Gasteiger partial charge is 0.338 e. The van der Waals surface area contributed by atoms with Gasteiger partial charge >= 0.3 is 5.97 Å². The molecule has 0 aliphatic carbocycles. The zero-order valence-corrected chi connectivity index (χ0v) is 12.8. The van der Waals surface area contributed by atoms with Gasteiger partial charge in [0.1, 0.15) is 0 Å². The van der Waals surface area contributed by atoms with Crippen molar-refractivity contribution in [2.75, 3.05) is 6.61 Å². The maximum absolute atomic E-state index is 12.1. The van der Waals surface area contributed by atoms with E-state index in [2.05, 4.69) is 10.6 Å². The molecule has 23 heavy (non-hydrogen) atoms. The Balaban J connectivity index is 1.97. The van der Waals surface area contributed by atoms with Crippen LogP contribution < -0.4 is 0 Å². The predicted octanol–water partition coefficient (Wildman–Crippen LogP) is 3.74. The molecule has 4 heteroatoms. The summed E-state index contributed by atoms with van der Waals surface area (Å²) in [4.78, 5) is 12.1. The van der Waals surface area contributed by atoms with Crippen LogP contribution in [-0.4, -0.2) is 17.1 Å². The van der Waals surface area contributed by atoms with Crippen molar-refractivity contribution < 1.29 is 9.53 Å². The van der Waals surface area contributed by atoms with E-state index in [1.54, 1.807) is 19.1 Å². The monoisotopic (exact) mass is 304 g/mol. The number of carbonyl (C=O) groups is 1. The number of esters is 1. The van der Waals surface area contributed by atoms with Crippen LogP contribution >= 0.6 is 0 Å². The molecule has 0 fully saturated rings. The maximum atomic E-state index is 12.1. The molecule has 0 unspecified atom stereocenters. The topological polar surface area (TPSA) is 55.0 Å². The molecule has 0 aliphatic rings. The SMILES string of the molecule is CCOC(=O)c1ccccc1Cn1ccc2cc(C#N)ccc21. The summed E-state index contributed by atoms with van der Waals surface area (Å²) in [5.74, 6) is -0.300. The molecule has 4 nitrogen and oxygen atoms in total. The lowest BCUT2D eigenvalue weighted by molar-refractivity contribution is 0.0525. The van der Waals surface area contributed by atoms with E-state index >= 15 is 0 Å². The lowest BCUT2D eigenvalue weighted by atomic mass is 10.1. The Kier molecular flexibility index (Phi) is 4.11. The van der Waals surface area contributed by atoms with Crippen molar-refractivity contribution in [1.29, 1.82) is 5.26 Å². The van der Waals surface area contributed by atoms with E-state index < -0.39 is 0 Å². The van der Waals surface area contributed by atoms with Crippen molar-refractivity contribution in [1.82, 2.24) is 4.57 Å². The van der Waals surface area contributed by atoms with Crippen molar-refractivity contribution in [2.24, 2.45) is 0 Å². The molecule has 0 atom stereocenters. The van der Waals surface area contributed by atoms with Gasteiger partial charge in [-0.15, -0.1) is 0 Å². The third-order valence-corrected chi connectivity index (χ3v) is 3.75. The largest absolute Gasteiger partial charge is 0.462 e. The van der Waals surface area contributed by atoms with Crippen LogP contribution in [0.3, 0.4) is 0 Å². The number of hydrogen-bond donors (Lipinski definition) is 0. The summed E-state index contributed by atoms with van der Waals surface area (Å²) >= 11 is 0. The Morgan fingerprint density at radius 3 is 2.83 bits per heavy atom. The van der Waals surface area contributed by atoms with Gasteiger partial charge in [-0.25, -0.2) is 4.79 Å². The number of rotatable bonds is 4. The minimum Gasteiger partial charge on any atom is -0.462 e. The summed E-state index contributed by atoms with van der Waals surface area (Å²) in [7, 11) is 0. The number of ether oxygens (including phenoxy) is 1. The van der Waals surface area contributed by atoms with E-state index in [1.807, 2.05) is 42.6 Å². The fourth-order valence-electron chi connectivity index (χ4n) is 2.66. The van der Waals surface area contributed by atoms with Crippen LogP contribution in [0.25, 0.3) is 10.9 Å². The number of benzene rings is 2. The third kappa shape index (κ3) is 2.95. The Morgan fingerprint density at radius 2 is 2.04 bits per heavy atom. The zero-order valence-electron chi connectivity index (χ0n) is 12.8. The summed E-state index contributed by atoms with van der Waals surface area (Å²) in [6, 6.07) is 17.2. The van der Waals surface area contributed by atoms with Gasteiger partial charge in [0.15, 0.2) is 0 Å². The fraction of sp³-hybridized carbons (Fsp3) is 0.158. The zero-order chi connectivity index (χ0) is 16.2. The van der Waals surface area contributed by atoms with Gasteiger partial charge in [0.2, 0.25) is 0 Å². The quantitative estimate of drug-likeness (QED) is 0.690. The molecule has 1 heterocycles. The normalized spacial score (nSPS) is 10.4. The molecular weight excluding hydrogens is 288 g/mol. The van der Waals surface area contributed by atoms with Gasteiger partial charge in [-0.2, -0.15) is 5.26 Å². The highest BCUT2D eigenvalue weighted by molar-refractivity contribution is 5.91. The maximum Gasteiger partial charge on any atom is 0.338 e. The Hall–Kier alpha value is -3.06. The van der Waals surface area contributed by atoms with Crippen molar-refractivity contribution in [3.8, 4) is 6.07 Å². The van der Waals surface area contributed by atoms with Crippen LogP contribution in [0.5, 0.6) is 0 Å². The first kappa shape index (κ1) is 14.9. The van der Waals surface area contributed by atoms with Gasteiger partial charge in [0.05, 0.1) is 23.8 Å². The average molecular weight is 304 g/mol. The predicted molar refractivity (Wildman–Crippen MR) is 88.2 cm³/mol. The number of aromatic nitrogens is 1. The Morgan fingerprint density at radius 1 is 1.22 bits per heavy atom. The van der Waals surface area contributed by atoms with Crippen molar-refractivity contribution in [3.63, 3.8) is 0 Å². The van der Waals surface area contributed by atoms with Gasteiger partial charge in [-0.05, 0) is 42.8 Å². The molecule has 114 valence electrons. The second kappa shape index (κ2) is 6.37. The van der Waals surface area contributed by atoms with E-state index in [1.165, 1.54) is 0 Å². The lowest BCUT2D eigenvalue weighted by Gasteiger charge is -2.10. The van der Waals surface area contributed by atoms with Crippen LogP contribution in [0.1, 0.15) is 28.4 Å². The summed E-state index contributed by atoms with van der Waals surface area (Å²) in [6.45, 7) is 2.73. The second-order valence-corrected chi connectivity index (χ2v) is 5.21. The van der Waals surface area contributed by atoms with Crippen LogP contribution in [0, 0.1) is 11.3 Å². The molecule has 0 amide bonds. The number of nitriles is 1. The van der Waals surface area contributed by atoms with Crippen molar-refractivity contribution >= 4 is 16.9 Å². The summed E-state index contributed by atoms with van der Waals surface area (Å²) < 4.78 is 7.19. The van der Waals surface area contributed by atoms with Crippen LogP contribution in [0.2, 0.25) is 0 Å². The van der Waals surface area contributed by atoms with Crippen molar-refractivity contribution in [3.05, 3.63) is 71.4 Å².